The van der Waals surface area contributed by atoms with Crippen molar-refractivity contribution >= 4 is 12.0 Å². The smallest absolute Gasteiger partial charge is 0.255 e. The molecule has 0 saturated heterocycles. The van der Waals surface area contributed by atoms with E-state index in [4.69, 9.17) is 9.47 Å². The molecule has 0 aliphatic heterocycles. The maximum Gasteiger partial charge on any atom is 0.255 e. The van der Waals surface area contributed by atoms with E-state index in [0.717, 1.165) is 5.56 Å². The van der Waals surface area contributed by atoms with E-state index in [2.05, 4.69) is 5.32 Å². The quantitative estimate of drug-likeness (QED) is 0.891. The minimum atomic E-state index is -0.253. The normalized spacial score (nSPS) is 10.5. The van der Waals surface area contributed by atoms with Crippen LogP contribution in [-0.2, 0) is 0 Å². The van der Waals surface area contributed by atoms with Crippen molar-refractivity contribution in [3.8, 4) is 17.2 Å². The van der Waals surface area contributed by atoms with Crippen LogP contribution < -0.4 is 14.8 Å². The van der Waals surface area contributed by atoms with Gasteiger partial charge in [0.15, 0.2) is 11.5 Å². The Hall–Kier alpha value is -2.95. The van der Waals surface area contributed by atoms with Gasteiger partial charge in [0.1, 0.15) is 5.75 Å². The molecule has 0 atom stereocenters. The van der Waals surface area contributed by atoms with Gasteiger partial charge in [-0.1, -0.05) is 6.07 Å². The first kappa shape index (κ1) is 15.4. The summed E-state index contributed by atoms with van der Waals surface area (Å²) < 4.78 is 10.4. The van der Waals surface area contributed by atoms with E-state index < -0.39 is 0 Å². The van der Waals surface area contributed by atoms with Gasteiger partial charge in [-0.15, -0.1) is 0 Å². The second-order valence-corrected chi connectivity index (χ2v) is 4.47. The number of carbonyl (C=O) groups excluding carboxylic acids is 1. The van der Waals surface area contributed by atoms with E-state index in [1.165, 1.54) is 12.1 Å². The topological polar surface area (TPSA) is 67.8 Å². The molecule has 2 N–H and O–H groups in total. The first-order valence-electron chi connectivity index (χ1n) is 6.62. The summed E-state index contributed by atoms with van der Waals surface area (Å²) in [5, 5.41) is 11.8. The van der Waals surface area contributed by atoms with Gasteiger partial charge in [0.2, 0.25) is 0 Å². The highest BCUT2D eigenvalue weighted by molar-refractivity contribution is 5.95. The number of nitrogens with one attached hydrogen (secondary N) is 1. The molecule has 0 fully saturated rings. The van der Waals surface area contributed by atoms with Crippen LogP contribution in [0.4, 0.5) is 0 Å². The lowest BCUT2D eigenvalue weighted by atomic mass is 10.2. The molecule has 2 aromatic carbocycles. The van der Waals surface area contributed by atoms with Crippen LogP contribution in [0, 0.1) is 0 Å². The maximum absolute atomic E-state index is 11.9. The molecule has 5 nitrogen and oxygen atoms in total. The Balaban J connectivity index is 2.03. The van der Waals surface area contributed by atoms with Gasteiger partial charge in [0.05, 0.1) is 14.2 Å². The highest BCUT2D eigenvalue weighted by Gasteiger charge is 2.04. The maximum atomic E-state index is 11.9. The predicted octanol–water partition coefficient (Wildman–Crippen LogP) is 2.81. The average Bonchev–Trinajstić information content (AvgIpc) is 2.55. The summed E-state index contributed by atoms with van der Waals surface area (Å²) in [6.07, 6.45) is 3.30. The van der Waals surface area contributed by atoms with Crippen molar-refractivity contribution < 1.29 is 19.4 Å². The Labute approximate surface area is 128 Å². The molecule has 0 aliphatic rings. The van der Waals surface area contributed by atoms with Crippen LogP contribution in [0.15, 0.2) is 48.7 Å². The van der Waals surface area contributed by atoms with Gasteiger partial charge in [0.25, 0.3) is 5.91 Å². The highest BCUT2D eigenvalue weighted by atomic mass is 16.5. The number of phenolic OH excluding ortho intramolecular Hbond substituents is 1. The van der Waals surface area contributed by atoms with E-state index in [0.29, 0.717) is 17.1 Å². The van der Waals surface area contributed by atoms with E-state index in [1.54, 1.807) is 44.7 Å². The van der Waals surface area contributed by atoms with Gasteiger partial charge in [-0.3, -0.25) is 4.79 Å². The summed E-state index contributed by atoms with van der Waals surface area (Å²) in [6.45, 7) is 0. The number of aromatic hydroxyl groups is 1. The van der Waals surface area contributed by atoms with Gasteiger partial charge in [0, 0.05) is 11.8 Å². The van der Waals surface area contributed by atoms with Crippen molar-refractivity contribution in [2.75, 3.05) is 14.2 Å². The highest BCUT2D eigenvalue weighted by Crippen LogP contribution is 2.27. The zero-order valence-corrected chi connectivity index (χ0v) is 12.4. The Bertz CT molecular complexity index is 678. The van der Waals surface area contributed by atoms with Crippen LogP contribution in [0.5, 0.6) is 17.2 Å². The lowest BCUT2D eigenvalue weighted by Gasteiger charge is -2.07. The largest absolute Gasteiger partial charge is 0.508 e. The molecule has 0 spiro atoms. The number of methoxy groups -OCH3 is 2. The number of hydrogen-bond donors (Lipinski definition) is 2. The van der Waals surface area contributed by atoms with Crippen molar-refractivity contribution in [1.82, 2.24) is 5.32 Å². The number of amides is 1. The van der Waals surface area contributed by atoms with Gasteiger partial charge >= 0.3 is 0 Å². The van der Waals surface area contributed by atoms with Crippen molar-refractivity contribution in [1.29, 1.82) is 0 Å². The standard InChI is InChI=1S/C17H17NO4/c1-21-15-8-3-12(11-16(15)22-2)9-10-18-17(20)13-4-6-14(19)7-5-13/h3-11,19H,1-2H3,(H,18,20). The average molecular weight is 299 g/mol. The number of hydrogen-bond acceptors (Lipinski definition) is 4. The summed E-state index contributed by atoms with van der Waals surface area (Å²) >= 11 is 0. The summed E-state index contributed by atoms with van der Waals surface area (Å²) in [6, 6.07) is 11.5. The van der Waals surface area contributed by atoms with Gasteiger partial charge < -0.3 is 19.9 Å². The van der Waals surface area contributed by atoms with Gasteiger partial charge in [-0.2, -0.15) is 0 Å². The third-order valence-electron chi connectivity index (χ3n) is 3.03. The molecule has 0 unspecified atom stereocenters. The summed E-state index contributed by atoms with van der Waals surface area (Å²) in [4.78, 5) is 11.9. The molecule has 2 rings (SSSR count). The zero-order valence-electron chi connectivity index (χ0n) is 12.4. The molecule has 0 bridgehead atoms. The first-order chi connectivity index (χ1) is 10.6. The number of phenols is 1. The summed E-state index contributed by atoms with van der Waals surface area (Å²) in [7, 11) is 3.14. The van der Waals surface area contributed by atoms with Crippen LogP contribution in [0.3, 0.4) is 0 Å². The van der Waals surface area contributed by atoms with Crippen LogP contribution >= 0.6 is 0 Å². The molecule has 114 valence electrons. The van der Waals surface area contributed by atoms with Crippen LogP contribution in [0.25, 0.3) is 6.08 Å². The van der Waals surface area contributed by atoms with E-state index in [-0.39, 0.29) is 11.7 Å². The number of ether oxygens (including phenoxy) is 2. The third kappa shape index (κ3) is 3.79. The van der Waals surface area contributed by atoms with Crippen molar-refractivity contribution in [2.24, 2.45) is 0 Å². The van der Waals surface area contributed by atoms with Gasteiger partial charge in [-0.25, -0.2) is 0 Å². The molecule has 0 radical (unpaired) electrons. The molecule has 0 aromatic heterocycles. The molecule has 1 amide bonds. The minimum Gasteiger partial charge on any atom is -0.508 e. The molecule has 22 heavy (non-hydrogen) atoms. The molecule has 0 heterocycles. The Morgan fingerprint density at radius 1 is 1.05 bits per heavy atom. The molecule has 2 aromatic rings. The van der Waals surface area contributed by atoms with Crippen LogP contribution in [0.1, 0.15) is 15.9 Å². The van der Waals surface area contributed by atoms with Crippen molar-refractivity contribution in [3.63, 3.8) is 0 Å². The Kier molecular flexibility index (Phi) is 5.03. The second-order valence-electron chi connectivity index (χ2n) is 4.47. The Morgan fingerprint density at radius 2 is 1.73 bits per heavy atom. The fourth-order valence-electron chi connectivity index (χ4n) is 1.87. The molecule has 5 heteroatoms. The predicted molar refractivity (Wildman–Crippen MR) is 84.2 cm³/mol. The summed E-state index contributed by atoms with van der Waals surface area (Å²) in [5.41, 5.74) is 1.33. The SMILES string of the molecule is COc1ccc(C=CNC(=O)c2ccc(O)cc2)cc1OC. The second kappa shape index (κ2) is 7.17. The lowest BCUT2D eigenvalue weighted by Crippen LogP contribution is -2.16. The van der Waals surface area contributed by atoms with Crippen LogP contribution in [-0.4, -0.2) is 25.2 Å². The lowest BCUT2D eigenvalue weighted by molar-refractivity contribution is 0.0970. The van der Waals surface area contributed by atoms with Crippen molar-refractivity contribution in [2.45, 2.75) is 0 Å². The van der Waals surface area contributed by atoms with E-state index >= 15 is 0 Å². The molecular weight excluding hydrogens is 282 g/mol. The molecule has 0 saturated carbocycles. The monoisotopic (exact) mass is 299 g/mol. The first-order valence-corrected chi connectivity index (χ1v) is 6.62. The number of carbonyl (C=O) groups is 1. The fourth-order valence-corrected chi connectivity index (χ4v) is 1.87. The van der Waals surface area contributed by atoms with Crippen molar-refractivity contribution in [3.05, 3.63) is 59.8 Å². The van der Waals surface area contributed by atoms with E-state index in [9.17, 15) is 9.90 Å². The molecule has 0 aliphatic carbocycles. The fraction of sp³-hybridized carbons (Fsp3) is 0.118. The van der Waals surface area contributed by atoms with Gasteiger partial charge in [-0.05, 0) is 48.0 Å². The minimum absolute atomic E-state index is 0.123. The summed E-state index contributed by atoms with van der Waals surface area (Å²) in [5.74, 6) is 1.14. The van der Waals surface area contributed by atoms with E-state index in [1.807, 2.05) is 12.1 Å². The number of benzene rings is 2. The molecular formula is C17H17NO4. The number of rotatable bonds is 5. The van der Waals surface area contributed by atoms with Crippen LogP contribution in [0.2, 0.25) is 0 Å². The zero-order chi connectivity index (χ0) is 15.9. The Morgan fingerprint density at radius 3 is 2.36 bits per heavy atom. The third-order valence-corrected chi connectivity index (χ3v) is 3.03.